The summed E-state index contributed by atoms with van der Waals surface area (Å²) in [6.45, 7) is 1.08. The third-order valence-electron chi connectivity index (χ3n) is 2.11. The fourth-order valence-corrected chi connectivity index (χ4v) is 1.34. The first kappa shape index (κ1) is 9.21. The highest BCUT2D eigenvalue weighted by molar-refractivity contribution is 5.75. The van der Waals surface area contributed by atoms with Gasteiger partial charge in [-0.15, -0.1) is 0 Å². The molecule has 3 heteroatoms. The van der Waals surface area contributed by atoms with Crippen molar-refractivity contribution in [2.45, 2.75) is 19.1 Å². The lowest BCUT2D eigenvalue weighted by atomic mass is 10.2. The van der Waals surface area contributed by atoms with Gasteiger partial charge in [-0.25, -0.2) is 0 Å². The fourth-order valence-electron chi connectivity index (χ4n) is 1.34. The number of cyclic esters (lactones) is 1. The van der Waals surface area contributed by atoms with Crippen LogP contribution in [-0.4, -0.2) is 18.7 Å². The van der Waals surface area contributed by atoms with Crippen molar-refractivity contribution in [3.05, 3.63) is 35.9 Å². The van der Waals surface area contributed by atoms with Crippen LogP contribution >= 0.6 is 0 Å². The van der Waals surface area contributed by atoms with E-state index in [1.807, 2.05) is 30.3 Å². The predicted molar refractivity (Wildman–Crippen MR) is 50.6 cm³/mol. The van der Waals surface area contributed by atoms with Gasteiger partial charge >= 0.3 is 5.97 Å². The van der Waals surface area contributed by atoms with Gasteiger partial charge in [0.25, 0.3) is 0 Å². The van der Waals surface area contributed by atoms with Gasteiger partial charge in [-0.1, -0.05) is 30.3 Å². The lowest BCUT2D eigenvalue weighted by Gasteiger charge is -2.24. The standard InChI is InChI=1S/C11H12O3/c12-11-6-10(14-11)8-13-7-9-4-2-1-3-5-9/h1-5,10H,6-8H2/t10-/m0/s1. The van der Waals surface area contributed by atoms with Crippen molar-refractivity contribution in [3.8, 4) is 0 Å². The highest BCUT2D eigenvalue weighted by atomic mass is 16.6. The van der Waals surface area contributed by atoms with Crippen LogP contribution in [0, 0.1) is 0 Å². The maximum atomic E-state index is 10.5. The van der Waals surface area contributed by atoms with Gasteiger partial charge in [0.2, 0.25) is 0 Å². The Kier molecular flexibility index (Phi) is 2.79. The molecule has 0 spiro atoms. The summed E-state index contributed by atoms with van der Waals surface area (Å²) in [5, 5.41) is 0. The largest absolute Gasteiger partial charge is 0.459 e. The topological polar surface area (TPSA) is 35.5 Å². The molecule has 0 unspecified atom stereocenters. The Hall–Kier alpha value is -1.35. The molecule has 14 heavy (non-hydrogen) atoms. The second-order valence-corrected chi connectivity index (χ2v) is 3.32. The van der Waals surface area contributed by atoms with Crippen LogP contribution < -0.4 is 0 Å². The zero-order valence-corrected chi connectivity index (χ0v) is 7.81. The Balaban J connectivity index is 1.66. The molecule has 1 heterocycles. The molecule has 0 aromatic heterocycles. The summed E-state index contributed by atoms with van der Waals surface area (Å²) in [6.07, 6.45) is 0.473. The average molecular weight is 192 g/mol. The summed E-state index contributed by atoms with van der Waals surface area (Å²) in [4.78, 5) is 10.5. The first-order valence-corrected chi connectivity index (χ1v) is 4.66. The van der Waals surface area contributed by atoms with Gasteiger partial charge in [0, 0.05) is 0 Å². The number of carbonyl (C=O) groups is 1. The van der Waals surface area contributed by atoms with Crippen LogP contribution in [0.15, 0.2) is 30.3 Å². The van der Waals surface area contributed by atoms with Gasteiger partial charge < -0.3 is 9.47 Å². The molecule has 0 aliphatic carbocycles. The molecule has 0 radical (unpaired) electrons. The molecule has 1 fully saturated rings. The number of esters is 1. The lowest BCUT2D eigenvalue weighted by molar-refractivity contribution is -0.175. The number of benzene rings is 1. The third-order valence-corrected chi connectivity index (χ3v) is 2.11. The van der Waals surface area contributed by atoms with E-state index in [1.165, 1.54) is 0 Å². The minimum absolute atomic E-state index is 0.0220. The van der Waals surface area contributed by atoms with Crippen LogP contribution in [0.3, 0.4) is 0 Å². The summed E-state index contributed by atoms with van der Waals surface area (Å²) in [5.74, 6) is -0.127. The smallest absolute Gasteiger partial charge is 0.310 e. The van der Waals surface area contributed by atoms with E-state index in [2.05, 4.69) is 0 Å². The predicted octanol–water partition coefficient (Wildman–Crippen LogP) is 1.52. The SMILES string of the molecule is O=C1C[C@@H](COCc2ccccc2)O1. The first-order chi connectivity index (χ1) is 6.84. The molecule has 1 saturated heterocycles. The fraction of sp³-hybridized carbons (Fsp3) is 0.364. The average Bonchev–Trinajstić information content (AvgIpc) is 2.17. The molecule has 1 aromatic rings. The minimum atomic E-state index is -0.127. The van der Waals surface area contributed by atoms with Crippen LogP contribution in [0.2, 0.25) is 0 Å². The van der Waals surface area contributed by atoms with Crippen molar-refractivity contribution < 1.29 is 14.3 Å². The molecule has 0 amide bonds. The van der Waals surface area contributed by atoms with E-state index in [-0.39, 0.29) is 12.1 Å². The van der Waals surface area contributed by atoms with Crippen LogP contribution in [0.5, 0.6) is 0 Å². The molecular formula is C11H12O3. The molecule has 74 valence electrons. The number of hydrogen-bond donors (Lipinski definition) is 0. The molecule has 2 rings (SSSR count). The number of carbonyl (C=O) groups excluding carboxylic acids is 1. The van der Waals surface area contributed by atoms with Crippen molar-refractivity contribution in [3.63, 3.8) is 0 Å². The normalized spacial score (nSPS) is 20.0. The van der Waals surface area contributed by atoms with Crippen molar-refractivity contribution in [1.29, 1.82) is 0 Å². The minimum Gasteiger partial charge on any atom is -0.459 e. The van der Waals surface area contributed by atoms with Crippen molar-refractivity contribution >= 4 is 5.97 Å². The molecule has 0 bridgehead atoms. The van der Waals surface area contributed by atoms with Gasteiger partial charge in [-0.2, -0.15) is 0 Å². The Morgan fingerprint density at radius 2 is 2.07 bits per heavy atom. The summed E-state index contributed by atoms with van der Waals surface area (Å²) >= 11 is 0. The number of rotatable bonds is 4. The Morgan fingerprint density at radius 3 is 2.71 bits per heavy atom. The highest BCUT2D eigenvalue weighted by Crippen LogP contribution is 2.13. The Labute approximate surface area is 82.6 Å². The maximum absolute atomic E-state index is 10.5. The number of ether oxygens (including phenoxy) is 2. The van der Waals surface area contributed by atoms with E-state index in [4.69, 9.17) is 9.47 Å². The zero-order valence-electron chi connectivity index (χ0n) is 7.81. The van der Waals surface area contributed by atoms with Crippen LogP contribution in [0.1, 0.15) is 12.0 Å². The van der Waals surface area contributed by atoms with Crippen molar-refractivity contribution in [2.24, 2.45) is 0 Å². The van der Waals surface area contributed by atoms with Crippen LogP contribution in [0.4, 0.5) is 0 Å². The van der Waals surface area contributed by atoms with E-state index < -0.39 is 0 Å². The van der Waals surface area contributed by atoms with E-state index in [9.17, 15) is 4.79 Å². The van der Waals surface area contributed by atoms with Crippen LogP contribution in [0.25, 0.3) is 0 Å². The second-order valence-electron chi connectivity index (χ2n) is 3.32. The van der Waals surface area contributed by atoms with Gasteiger partial charge in [0.15, 0.2) is 0 Å². The van der Waals surface area contributed by atoms with Gasteiger partial charge in [-0.3, -0.25) is 4.79 Å². The Morgan fingerprint density at radius 1 is 1.36 bits per heavy atom. The summed E-state index contributed by atoms with van der Waals surface area (Å²) < 4.78 is 10.2. The van der Waals surface area contributed by atoms with E-state index in [0.29, 0.717) is 19.6 Å². The summed E-state index contributed by atoms with van der Waals surface area (Å²) in [7, 11) is 0. The molecule has 1 aliphatic heterocycles. The lowest BCUT2D eigenvalue weighted by Crippen LogP contribution is -2.36. The Bertz CT molecular complexity index is 300. The maximum Gasteiger partial charge on any atom is 0.310 e. The van der Waals surface area contributed by atoms with Gasteiger partial charge in [-0.05, 0) is 5.56 Å². The highest BCUT2D eigenvalue weighted by Gasteiger charge is 2.28. The molecule has 1 aliphatic rings. The van der Waals surface area contributed by atoms with Crippen LogP contribution in [-0.2, 0) is 20.9 Å². The van der Waals surface area contributed by atoms with E-state index in [1.54, 1.807) is 0 Å². The first-order valence-electron chi connectivity index (χ1n) is 4.66. The molecule has 0 N–H and O–H groups in total. The van der Waals surface area contributed by atoms with Gasteiger partial charge in [0.05, 0.1) is 19.6 Å². The second kappa shape index (κ2) is 4.24. The molecule has 0 saturated carbocycles. The van der Waals surface area contributed by atoms with Crippen molar-refractivity contribution in [1.82, 2.24) is 0 Å². The molecule has 1 aromatic carbocycles. The summed E-state index contributed by atoms with van der Waals surface area (Å²) in [5.41, 5.74) is 1.14. The zero-order chi connectivity index (χ0) is 9.80. The van der Waals surface area contributed by atoms with Gasteiger partial charge in [0.1, 0.15) is 6.10 Å². The molecule has 1 atom stereocenters. The molecule has 3 nitrogen and oxygen atoms in total. The molecular weight excluding hydrogens is 180 g/mol. The number of hydrogen-bond acceptors (Lipinski definition) is 3. The quantitative estimate of drug-likeness (QED) is 0.678. The van der Waals surface area contributed by atoms with E-state index in [0.717, 1.165) is 5.56 Å². The monoisotopic (exact) mass is 192 g/mol. The third kappa shape index (κ3) is 2.33. The van der Waals surface area contributed by atoms with E-state index >= 15 is 0 Å². The van der Waals surface area contributed by atoms with Crippen molar-refractivity contribution in [2.75, 3.05) is 6.61 Å². The summed E-state index contributed by atoms with van der Waals surface area (Å²) in [6, 6.07) is 9.93.